The van der Waals surface area contributed by atoms with E-state index in [0.717, 1.165) is 67.3 Å². The van der Waals surface area contributed by atoms with E-state index >= 15 is 0 Å². The predicted octanol–water partition coefficient (Wildman–Crippen LogP) is 11.4. The van der Waals surface area contributed by atoms with Crippen LogP contribution < -0.4 is 0 Å². The fourth-order valence-corrected chi connectivity index (χ4v) is 6.75. The van der Waals surface area contributed by atoms with Crippen LogP contribution in [0.15, 0.2) is 24.3 Å². The zero-order chi connectivity index (χ0) is 36.0. The summed E-state index contributed by atoms with van der Waals surface area (Å²) in [4.78, 5) is 15.4. The van der Waals surface area contributed by atoms with Gasteiger partial charge in [0.25, 0.3) is 0 Å². The zero-order valence-electron chi connectivity index (χ0n) is 32.9. The molecule has 2 rings (SSSR count). The Hall–Kier alpha value is -2.49. The van der Waals surface area contributed by atoms with E-state index < -0.39 is 0 Å². The Morgan fingerprint density at radius 2 is 0.915 bits per heavy atom. The van der Waals surface area contributed by atoms with Crippen LogP contribution in [0.5, 0.6) is 11.5 Å². The Morgan fingerprint density at radius 1 is 0.596 bits per heavy atom. The number of benzene rings is 2. The van der Waals surface area contributed by atoms with Gasteiger partial charge >= 0.3 is 0 Å². The van der Waals surface area contributed by atoms with Gasteiger partial charge in [0.1, 0.15) is 11.5 Å². The number of aryl methyl sites for hydroxylation is 2. The minimum absolute atomic E-state index is 0.0955. The highest BCUT2D eigenvalue weighted by Crippen LogP contribution is 2.41. The maximum Gasteiger partial charge on any atom is 0.219 e. The van der Waals surface area contributed by atoms with E-state index in [1.165, 1.54) is 36.8 Å². The SMILES string of the molecule is CCCCCCCCN(C(C)=O)C(CCc1cc(C(C)(C)C)c(O)c(C(C)(C)C)c1)CCc1cc(C(C)(C)C)c(O)c(C(C)(C)C)c1. The van der Waals surface area contributed by atoms with Crippen LogP contribution in [0.4, 0.5) is 0 Å². The second-order valence-corrected chi connectivity index (χ2v) is 18.3. The second-order valence-electron chi connectivity index (χ2n) is 18.3. The van der Waals surface area contributed by atoms with Crippen molar-refractivity contribution in [3.8, 4) is 11.5 Å². The average Bonchev–Trinajstić information content (AvgIpc) is 2.91. The van der Waals surface area contributed by atoms with Crippen molar-refractivity contribution in [3.63, 3.8) is 0 Å². The molecule has 0 aliphatic heterocycles. The molecular weight excluding hydrogens is 578 g/mol. The van der Waals surface area contributed by atoms with Crippen molar-refractivity contribution in [1.29, 1.82) is 0 Å². The molecule has 266 valence electrons. The van der Waals surface area contributed by atoms with Crippen LogP contribution in [0.3, 0.4) is 0 Å². The van der Waals surface area contributed by atoms with Crippen LogP contribution in [0.25, 0.3) is 0 Å². The lowest BCUT2D eigenvalue weighted by atomic mass is 9.77. The molecule has 0 radical (unpaired) electrons. The van der Waals surface area contributed by atoms with E-state index in [9.17, 15) is 15.0 Å². The predicted molar refractivity (Wildman–Crippen MR) is 202 cm³/mol. The Bertz CT molecular complexity index is 1150. The smallest absolute Gasteiger partial charge is 0.219 e. The molecule has 2 aromatic carbocycles. The maximum absolute atomic E-state index is 13.3. The highest BCUT2D eigenvalue weighted by Gasteiger charge is 2.29. The van der Waals surface area contributed by atoms with Gasteiger partial charge in [0.05, 0.1) is 0 Å². The van der Waals surface area contributed by atoms with Crippen LogP contribution >= 0.6 is 0 Å². The van der Waals surface area contributed by atoms with Crippen LogP contribution in [0.2, 0.25) is 0 Å². The van der Waals surface area contributed by atoms with E-state index in [0.29, 0.717) is 11.5 Å². The molecule has 2 N–H and O–H groups in total. The summed E-state index contributed by atoms with van der Waals surface area (Å²) in [7, 11) is 0. The molecule has 4 heteroatoms. The lowest BCUT2D eigenvalue weighted by Gasteiger charge is -2.33. The molecule has 0 aromatic heterocycles. The number of phenols is 2. The quantitative estimate of drug-likeness (QED) is 0.200. The molecule has 0 spiro atoms. The first-order chi connectivity index (χ1) is 21.5. The Morgan fingerprint density at radius 3 is 1.21 bits per heavy atom. The molecule has 47 heavy (non-hydrogen) atoms. The third kappa shape index (κ3) is 11.9. The number of hydrogen-bond donors (Lipinski definition) is 2. The van der Waals surface area contributed by atoms with Gasteiger partial charge < -0.3 is 15.1 Å². The minimum atomic E-state index is -0.183. The number of phenolic OH excluding ortho intramolecular Hbond substituents is 2. The molecule has 0 unspecified atom stereocenters. The maximum atomic E-state index is 13.3. The average molecular weight is 650 g/mol. The van der Waals surface area contributed by atoms with Gasteiger partial charge in [-0.15, -0.1) is 0 Å². The van der Waals surface area contributed by atoms with Gasteiger partial charge in [0.2, 0.25) is 5.91 Å². The summed E-state index contributed by atoms with van der Waals surface area (Å²) in [6.07, 6.45) is 10.6. The number of hydrogen-bond acceptors (Lipinski definition) is 3. The van der Waals surface area contributed by atoms with Gasteiger partial charge in [0, 0.05) is 19.5 Å². The molecule has 4 nitrogen and oxygen atoms in total. The van der Waals surface area contributed by atoms with E-state index in [1.54, 1.807) is 6.92 Å². The van der Waals surface area contributed by atoms with Crippen molar-refractivity contribution in [2.24, 2.45) is 0 Å². The molecule has 1 amide bonds. The Kier molecular flexibility index (Phi) is 14.1. The first-order valence-electron chi connectivity index (χ1n) is 18.5. The monoisotopic (exact) mass is 650 g/mol. The standard InChI is InChI=1S/C43H71NO3/c1-15-16-17-18-19-20-25-44(30(2)45)33(23-21-31-26-34(40(3,4)5)38(46)35(27-31)41(6,7)8)24-22-32-28-36(42(9,10)11)39(47)37(29-32)43(12,13)14/h26-29,33,46-47H,15-25H2,1-14H3. The summed E-state index contributed by atoms with van der Waals surface area (Å²) in [6, 6.07) is 8.87. The molecule has 0 aliphatic carbocycles. The van der Waals surface area contributed by atoms with Crippen molar-refractivity contribution < 1.29 is 15.0 Å². The largest absolute Gasteiger partial charge is 0.507 e. The molecule has 0 saturated heterocycles. The summed E-state index contributed by atoms with van der Waals surface area (Å²) in [5, 5.41) is 22.6. The van der Waals surface area contributed by atoms with Crippen molar-refractivity contribution in [2.75, 3.05) is 6.54 Å². The molecule has 0 heterocycles. The van der Waals surface area contributed by atoms with Crippen molar-refractivity contribution in [3.05, 3.63) is 57.6 Å². The van der Waals surface area contributed by atoms with Crippen molar-refractivity contribution in [1.82, 2.24) is 4.90 Å². The highest BCUT2D eigenvalue weighted by molar-refractivity contribution is 5.73. The number of aromatic hydroxyl groups is 2. The fraction of sp³-hybridized carbons (Fsp3) is 0.698. The van der Waals surface area contributed by atoms with Gasteiger partial charge in [-0.2, -0.15) is 0 Å². The minimum Gasteiger partial charge on any atom is -0.507 e. The lowest BCUT2D eigenvalue weighted by Crippen LogP contribution is -2.40. The lowest BCUT2D eigenvalue weighted by molar-refractivity contribution is -0.131. The second kappa shape index (κ2) is 16.3. The number of unbranched alkanes of at least 4 members (excludes halogenated alkanes) is 5. The van der Waals surface area contributed by atoms with Crippen LogP contribution in [0, 0.1) is 0 Å². The summed E-state index contributed by atoms with van der Waals surface area (Å²) in [5.74, 6) is 0.974. The van der Waals surface area contributed by atoms with E-state index in [2.05, 4.69) is 119 Å². The van der Waals surface area contributed by atoms with E-state index in [-0.39, 0.29) is 33.6 Å². The molecule has 0 saturated carbocycles. The molecule has 2 aromatic rings. The van der Waals surface area contributed by atoms with Gasteiger partial charge in [-0.25, -0.2) is 0 Å². The first-order valence-corrected chi connectivity index (χ1v) is 18.5. The number of carbonyl (C=O) groups excluding carboxylic acids is 1. The number of nitrogens with zero attached hydrogens (tertiary/aromatic N) is 1. The van der Waals surface area contributed by atoms with E-state index in [4.69, 9.17) is 0 Å². The first kappa shape index (κ1) is 40.7. The molecular formula is C43H71NO3. The van der Waals surface area contributed by atoms with Gasteiger partial charge in [-0.3, -0.25) is 4.79 Å². The van der Waals surface area contributed by atoms with Gasteiger partial charge in [0.15, 0.2) is 0 Å². The molecule has 0 bridgehead atoms. The highest BCUT2D eigenvalue weighted by atomic mass is 16.3. The van der Waals surface area contributed by atoms with E-state index in [1.807, 2.05) is 0 Å². The summed E-state index contributed by atoms with van der Waals surface area (Å²) in [6.45, 7) is 30.7. The Balaban J connectivity index is 2.50. The Labute approximate surface area is 289 Å². The van der Waals surface area contributed by atoms with Crippen molar-refractivity contribution >= 4 is 5.91 Å². The summed E-state index contributed by atoms with van der Waals surface area (Å²) < 4.78 is 0. The van der Waals surface area contributed by atoms with Crippen LogP contribution in [-0.4, -0.2) is 33.6 Å². The molecule has 0 aliphatic rings. The topological polar surface area (TPSA) is 60.8 Å². The van der Waals surface area contributed by atoms with Crippen LogP contribution in [-0.2, 0) is 39.3 Å². The number of rotatable bonds is 14. The fourth-order valence-electron chi connectivity index (χ4n) is 6.75. The van der Waals surface area contributed by atoms with Gasteiger partial charge in [-0.1, -0.05) is 146 Å². The summed E-state index contributed by atoms with van der Waals surface area (Å²) in [5.41, 5.74) is 5.66. The third-order valence-electron chi connectivity index (χ3n) is 9.70. The van der Waals surface area contributed by atoms with Gasteiger partial charge in [-0.05, 0) is 87.1 Å². The number of amides is 1. The van der Waals surface area contributed by atoms with Crippen molar-refractivity contribution in [2.45, 2.75) is 189 Å². The molecule has 0 fully saturated rings. The van der Waals surface area contributed by atoms with Crippen LogP contribution in [0.1, 0.15) is 182 Å². The normalized spacial score (nSPS) is 13.0. The molecule has 0 atom stereocenters. The summed E-state index contributed by atoms with van der Waals surface area (Å²) >= 11 is 0. The zero-order valence-corrected chi connectivity index (χ0v) is 32.9. The number of carbonyl (C=O) groups is 1. The third-order valence-corrected chi connectivity index (χ3v) is 9.70.